The quantitative estimate of drug-likeness (QED) is 0.413. The van der Waals surface area contributed by atoms with Crippen LogP contribution in [0.3, 0.4) is 0 Å². The van der Waals surface area contributed by atoms with Gasteiger partial charge >= 0.3 is 0 Å². The fraction of sp³-hybridized carbons (Fsp3) is 0.316. The summed E-state index contributed by atoms with van der Waals surface area (Å²) in [5.41, 5.74) is 2.20. The lowest BCUT2D eigenvalue weighted by atomic mass is 10.2. The first-order valence-corrected chi connectivity index (χ1v) is 10.9. The number of carbonyl (C=O) groups excluding carboxylic acids is 1. The molecule has 0 aliphatic rings. The SMILES string of the molecule is Cc1ccc(SCCC(=O)NCCSCc2c(Cl)cccc2Cl)cc1. The fourth-order valence-corrected chi connectivity index (χ4v) is 4.54. The van der Waals surface area contributed by atoms with Gasteiger partial charge in [0.2, 0.25) is 5.91 Å². The Morgan fingerprint density at radius 2 is 1.72 bits per heavy atom. The molecule has 0 atom stereocenters. The number of hydrogen-bond donors (Lipinski definition) is 1. The normalized spacial score (nSPS) is 10.7. The second-order valence-corrected chi connectivity index (χ2v) is 8.60. The summed E-state index contributed by atoms with van der Waals surface area (Å²) in [4.78, 5) is 13.1. The molecule has 2 aromatic rings. The molecule has 0 saturated carbocycles. The van der Waals surface area contributed by atoms with Gasteiger partial charge in [-0.3, -0.25) is 4.79 Å². The van der Waals surface area contributed by atoms with E-state index in [9.17, 15) is 4.79 Å². The van der Waals surface area contributed by atoms with Crippen molar-refractivity contribution in [3.05, 3.63) is 63.6 Å². The molecule has 0 bridgehead atoms. The van der Waals surface area contributed by atoms with E-state index < -0.39 is 0 Å². The highest BCUT2D eigenvalue weighted by atomic mass is 35.5. The van der Waals surface area contributed by atoms with Crippen LogP contribution in [0.25, 0.3) is 0 Å². The molecule has 2 nitrogen and oxygen atoms in total. The molecule has 2 aromatic carbocycles. The Bertz CT molecular complexity index is 672. The van der Waals surface area contributed by atoms with Crippen molar-refractivity contribution in [2.75, 3.05) is 18.1 Å². The smallest absolute Gasteiger partial charge is 0.220 e. The standard InChI is InChI=1S/C19H21Cl2NOS2/c1-14-5-7-15(8-6-14)25-11-9-19(23)22-10-12-24-13-16-17(20)3-2-4-18(16)21/h2-8H,9-13H2,1H3,(H,22,23). The maximum atomic E-state index is 11.9. The Morgan fingerprint density at radius 3 is 2.40 bits per heavy atom. The average Bonchev–Trinajstić information content (AvgIpc) is 2.58. The molecular formula is C19H21Cl2NOS2. The van der Waals surface area contributed by atoms with Gasteiger partial charge in [-0.2, -0.15) is 11.8 Å². The average molecular weight is 414 g/mol. The summed E-state index contributed by atoms with van der Waals surface area (Å²) in [6.07, 6.45) is 0.527. The van der Waals surface area contributed by atoms with Crippen LogP contribution < -0.4 is 5.32 Å². The van der Waals surface area contributed by atoms with Crippen molar-refractivity contribution in [2.45, 2.75) is 24.0 Å². The summed E-state index contributed by atoms with van der Waals surface area (Å²) >= 11 is 15.7. The lowest BCUT2D eigenvalue weighted by Crippen LogP contribution is -2.25. The van der Waals surface area contributed by atoms with Crippen molar-refractivity contribution >= 4 is 52.6 Å². The molecule has 0 unspecified atom stereocenters. The third kappa shape index (κ3) is 7.53. The second kappa shape index (κ2) is 11.0. The maximum absolute atomic E-state index is 11.9. The summed E-state index contributed by atoms with van der Waals surface area (Å²) in [7, 11) is 0. The number of amides is 1. The number of rotatable bonds is 9. The molecule has 2 rings (SSSR count). The van der Waals surface area contributed by atoms with Crippen LogP contribution in [0.1, 0.15) is 17.5 Å². The van der Waals surface area contributed by atoms with Gasteiger partial charge in [0.25, 0.3) is 0 Å². The molecule has 0 aromatic heterocycles. The van der Waals surface area contributed by atoms with E-state index in [0.29, 0.717) is 23.0 Å². The Labute approximate surface area is 168 Å². The first-order valence-electron chi connectivity index (χ1n) is 8.03. The van der Waals surface area contributed by atoms with Gasteiger partial charge in [0.05, 0.1) is 0 Å². The topological polar surface area (TPSA) is 29.1 Å². The summed E-state index contributed by atoms with van der Waals surface area (Å²) < 4.78 is 0. The summed E-state index contributed by atoms with van der Waals surface area (Å²) in [5.74, 6) is 2.46. The van der Waals surface area contributed by atoms with Crippen molar-refractivity contribution in [3.8, 4) is 0 Å². The van der Waals surface area contributed by atoms with Gasteiger partial charge in [0, 0.05) is 45.2 Å². The van der Waals surface area contributed by atoms with Crippen LogP contribution >= 0.6 is 46.7 Å². The number of halogens is 2. The van der Waals surface area contributed by atoms with Crippen LogP contribution in [-0.4, -0.2) is 24.0 Å². The molecule has 0 fully saturated rings. The zero-order valence-corrected chi connectivity index (χ0v) is 17.2. The number of benzene rings is 2. The summed E-state index contributed by atoms with van der Waals surface area (Å²) in [5, 5.41) is 4.34. The van der Waals surface area contributed by atoms with Crippen LogP contribution in [0.15, 0.2) is 47.4 Å². The van der Waals surface area contributed by atoms with E-state index in [1.165, 1.54) is 10.5 Å². The molecule has 0 heterocycles. The van der Waals surface area contributed by atoms with Crippen molar-refractivity contribution in [2.24, 2.45) is 0 Å². The molecule has 1 amide bonds. The zero-order chi connectivity index (χ0) is 18.1. The predicted octanol–water partition coefficient (Wildman–Crippen LogP) is 5.83. The van der Waals surface area contributed by atoms with Gasteiger partial charge in [0.1, 0.15) is 0 Å². The molecule has 0 aliphatic heterocycles. The van der Waals surface area contributed by atoms with E-state index in [4.69, 9.17) is 23.2 Å². The van der Waals surface area contributed by atoms with Crippen molar-refractivity contribution in [1.29, 1.82) is 0 Å². The highest BCUT2D eigenvalue weighted by Gasteiger charge is 2.06. The molecule has 25 heavy (non-hydrogen) atoms. The molecule has 6 heteroatoms. The summed E-state index contributed by atoms with van der Waals surface area (Å²) in [6, 6.07) is 13.9. The van der Waals surface area contributed by atoms with E-state index in [1.807, 2.05) is 18.2 Å². The number of aryl methyl sites for hydroxylation is 1. The molecule has 0 radical (unpaired) electrons. The molecule has 0 saturated heterocycles. The highest BCUT2D eigenvalue weighted by Crippen LogP contribution is 2.28. The van der Waals surface area contributed by atoms with Crippen molar-refractivity contribution in [3.63, 3.8) is 0 Å². The third-order valence-electron chi connectivity index (χ3n) is 3.50. The van der Waals surface area contributed by atoms with Crippen molar-refractivity contribution < 1.29 is 4.79 Å². The van der Waals surface area contributed by atoms with E-state index >= 15 is 0 Å². The lowest BCUT2D eigenvalue weighted by molar-refractivity contribution is -0.120. The number of hydrogen-bond acceptors (Lipinski definition) is 3. The number of thioether (sulfide) groups is 2. The van der Waals surface area contributed by atoms with Crippen molar-refractivity contribution in [1.82, 2.24) is 5.32 Å². The molecular weight excluding hydrogens is 393 g/mol. The Balaban J connectivity index is 1.57. The fourth-order valence-electron chi connectivity index (χ4n) is 2.09. The first kappa shape index (κ1) is 20.5. The molecule has 0 aliphatic carbocycles. The van der Waals surface area contributed by atoms with Gasteiger partial charge in [0.15, 0.2) is 0 Å². The number of nitrogens with one attached hydrogen (secondary N) is 1. The zero-order valence-electron chi connectivity index (χ0n) is 14.1. The number of carbonyl (C=O) groups is 1. The van der Waals surface area contributed by atoms with Crippen LogP contribution in [-0.2, 0) is 10.5 Å². The highest BCUT2D eigenvalue weighted by molar-refractivity contribution is 7.99. The van der Waals surface area contributed by atoms with Gasteiger partial charge in [-0.15, -0.1) is 11.8 Å². The largest absolute Gasteiger partial charge is 0.355 e. The van der Waals surface area contributed by atoms with Crippen LogP contribution in [0.5, 0.6) is 0 Å². The van der Waals surface area contributed by atoms with Gasteiger partial charge in [-0.25, -0.2) is 0 Å². The summed E-state index contributed by atoms with van der Waals surface area (Å²) in [6.45, 7) is 2.72. The molecule has 1 N–H and O–H groups in total. The van der Waals surface area contributed by atoms with Crippen LogP contribution in [0.4, 0.5) is 0 Å². The third-order valence-corrected chi connectivity index (χ3v) is 6.20. The van der Waals surface area contributed by atoms with Gasteiger partial charge in [-0.1, -0.05) is 47.0 Å². The Hall–Kier alpha value is -0.810. The minimum atomic E-state index is 0.0935. The Morgan fingerprint density at radius 1 is 1.04 bits per heavy atom. The van der Waals surface area contributed by atoms with Crippen LogP contribution in [0, 0.1) is 6.92 Å². The van der Waals surface area contributed by atoms with E-state index in [1.54, 1.807) is 23.5 Å². The molecule has 0 spiro atoms. The minimum Gasteiger partial charge on any atom is -0.355 e. The predicted molar refractivity (Wildman–Crippen MR) is 112 cm³/mol. The Kier molecular flexibility index (Phi) is 9.04. The maximum Gasteiger partial charge on any atom is 0.220 e. The lowest BCUT2D eigenvalue weighted by Gasteiger charge is -2.08. The van der Waals surface area contributed by atoms with E-state index in [2.05, 4.69) is 36.5 Å². The van der Waals surface area contributed by atoms with E-state index in [-0.39, 0.29) is 5.91 Å². The van der Waals surface area contributed by atoms with Gasteiger partial charge in [-0.05, 0) is 36.8 Å². The first-order chi connectivity index (χ1) is 12.1. The minimum absolute atomic E-state index is 0.0935. The van der Waals surface area contributed by atoms with Crippen LogP contribution in [0.2, 0.25) is 10.0 Å². The van der Waals surface area contributed by atoms with E-state index in [0.717, 1.165) is 22.8 Å². The second-order valence-electron chi connectivity index (χ2n) is 5.51. The molecule has 134 valence electrons. The van der Waals surface area contributed by atoms with Gasteiger partial charge < -0.3 is 5.32 Å². The monoisotopic (exact) mass is 413 g/mol.